The van der Waals surface area contributed by atoms with E-state index in [1.54, 1.807) is 11.3 Å². The quantitative estimate of drug-likeness (QED) is 0.312. The van der Waals surface area contributed by atoms with Crippen LogP contribution in [0, 0.1) is 11.8 Å². The molecule has 1 amide bonds. The van der Waals surface area contributed by atoms with Gasteiger partial charge >= 0.3 is 5.97 Å². The SMILES string of the molecule is COC(=O)c1cc(-c2ccc(/C=C/c3cscn3)cc2)sc1N(C(=O)C1CCC(C)CC1)C(C)C. The standard InChI is InChI=1S/C28H32N2O3S2/c1-18(2)30(26(31)22-10-5-19(3)6-11-22)27-24(28(32)33-4)15-25(35-27)21-12-7-20(8-13-21)9-14-23-16-34-17-29-23/h7-9,12-19,22H,5-6,10-11H2,1-4H3/b14-9+. The van der Waals surface area contributed by atoms with Gasteiger partial charge in [0.05, 0.1) is 23.9 Å². The molecule has 0 saturated heterocycles. The van der Waals surface area contributed by atoms with Crippen molar-refractivity contribution in [3.05, 3.63) is 58.0 Å². The number of ether oxygens (including phenoxy) is 1. The van der Waals surface area contributed by atoms with Crippen LogP contribution in [0.4, 0.5) is 5.00 Å². The van der Waals surface area contributed by atoms with Crippen molar-refractivity contribution in [2.45, 2.75) is 52.5 Å². The second kappa shape index (κ2) is 11.3. The Morgan fingerprint density at radius 3 is 2.43 bits per heavy atom. The van der Waals surface area contributed by atoms with Crippen LogP contribution >= 0.6 is 22.7 Å². The number of methoxy groups -OCH3 is 1. The minimum Gasteiger partial charge on any atom is -0.465 e. The number of carbonyl (C=O) groups excluding carboxylic acids is 2. The van der Waals surface area contributed by atoms with E-state index in [0.29, 0.717) is 16.5 Å². The maximum absolute atomic E-state index is 13.6. The van der Waals surface area contributed by atoms with Crippen molar-refractivity contribution < 1.29 is 14.3 Å². The van der Waals surface area contributed by atoms with Gasteiger partial charge in [0.2, 0.25) is 5.91 Å². The predicted octanol–water partition coefficient (Wildman–Crippen LogP) is 7.40. The van der Waals surface area contributed by atoms with Crippen molar-refractivity contribution in [2.75, 3.05) is 12.0 Å². The highest BCUT2D eigenvalue weighted by molar-refractivity contribution is 7.20. The number of nitrogens with zero attached hydrogens (tertiary/aromatic N) is 2. The van der Waals surface area contributed by atoms with Crippen LogP contribution in [0.2, 0.25) is 0 Å². The molecule has 7 heteroatoms. The fraction of sp³-hybridized carbons (Fsp3) is 0.393. The minimum atomic E-state index is -0.416. The molecule has 0 spiro atoms. The molecule has 4 rings (SSSR count). The number of hydrogen-bond donors (Lipinski definition) is 0. The average molecular weight is 509 g/mol. The van der Waals surface area contributed by atoms with Gasteiger partial charge in [0, 0.05) is 22.2 Å². The van der Waals surface area contributed by atoms with Crippen molar-refractivity contribution >= 4 is 51.7 Å². The van der Waals surface area contributed by atoms with Gasteiger partial charge in [0.15, 0.2) is 0 Å². The molecule has 0 atom stereocenters. The molecule has 1 saturated carbocycles. The van der Waals surface area contributed by atoms with Crippen LogP contribution in [0.15, 0.2) is 41.2 Å². The molecule has 1 aliphatic rings. The van der Waals surface area contributed by atoms with Crippen molar-refractivity contribution in [3.8, 4) is 10.4 Å². The molecule has 0 bridgehead atoms. The third-order valence-corrected chi connectivity index (χ3v) is 8.34. The fourth-order valence-electron chi connectivity index (χ4n) is 4.50. The molecule has 0 radical (unpaired) electrons. The molecule has 2 heterocycles. The van der Waals surface area contributed by atoms with E-state index in [1.807, 2.05) is 72.1 Å². The van der Waals surface area contributed by atoms with Crippen LogP contribution in [0.5, 0.6) is 0 Å². The molecule has 184 valence electrons. The molecule has 0 aliphatic heterocycles. The van der Waals surface area contributed by atoms with Crippen LogP contribution in [0.3, 0.4) is 0 Å². The van der Waals surface area contributed by atoms with E-state index < -0.39 is 5.97 Å². The molecule has 3 aromatic rings. The Labute approximate surface area is 215 Å². The van der Waals surface area contributed by atoms with Crippen molar-refractivity contribution in [3.63, 3.8) is 0 Å². The zero-order valence-electron chi connectivity index (χ0n) is 20.7. The summed E-state index contributed by atoms with van der Waals surface area (Å²) in [4.78, 5) is 33.4. The molecule has 0 N–H and O–H groups in total. The number of aromatic nitrogens is 1. The number of thiophene rings is 1. The molecule has 1 fully saturated rings. The van der Waals surface area contributed by atoms with Gasteiger partial charge in [-0.3, -0.25) is 4.79 Å². The van der Waals surface area contributed by atoms with Gasteiger partial charge in [-0.15, -0.1) is 22.7 Å². The summed E-state index contributed by atoms with van der Waals surface area (Å²) < 4.78 is 5.10. The molecular formula is C28H32N2O3S2. The van der Waals surface area contributed by atoms with Gasteiger partial charge < -0.3 is 9.64 Å². The second-order valence-corrected chi connectivity index (χ2v) is 11.2. The van der Waals surface area contributed by atoms with E-state index in [4.69, 9.17) is 4.74 Å². The molecule has 2 aromatic heterocycles. The molecule has 1 aliphatic carbocycles. The van der Waals surface area contributed by atoms with Gasteiger partial charge in [-0.1, -0.05) is 37.3 Å². The zero-order valence-corrected chi connectivity index (χ0v) is 22.3. The highest BCUT2D eigenvalue weighted by atomic mass is 32.1. The summed E-state index contributed by atoms with van der Waals surface area (Å²) >= 11 is 3.05. The number of esters is 1. The van der Waals surface area contributed by atoms with Gasteiger partial charge in [-0.05, 0) is 68.7 Å². The lowest BCUT2D eigenvalue weighted by molar-refractivity contribution is -0.123. The second-order valence-electron chi connectivity index (χ2n) is 9.45. The van der Waals surface area contributed by atoms with E-state index in [1.165, 1.54) is 18.4 Å². The van der Waals surface area contributed by atoms with E-state index >= 15 is 0 Å². The third kappa shape index (κ3) is 5.90. The molecular weight excluding hydrogens is 476 g/mol. The Kier molecular flexibility index (Phi) is 8.19. The number of benzene rings is 1. The topological polar surface area (TPSA) is 59.5 Å². The Hall–Kier alpha value is -2.77. The largest absolute Gasteiger partial charge is 0.465 e. The van der Waals surface area contributed by atoms with E-state index in [0.717, 1.165) is 47.4 Å². The first-order chi connectivity index (χ1) is 16.9. The van der Waals surface area contributed by atoms with Crippen LogP contribution in [-0.4, -0.2) is 30.0 Å². The van der Waals surface area contributed by atoms with Crippen molar-refractivity contribution in [1.29, 1.82) is 0 Å². The molecule has 5 nitrogen and oxygen atoms in total. The van der Waals surface area contributed by atoms with E-state index in [2.05, 4.69) is 11.9 Å². The van der Waals surface area contributed by atoms with Crippen LogP contribution in [0.25, 0.3) is 22.6 Å². The number of rotatable bonds is 7. The monoisotopic (exact) mass is 508 g/mol. The Bertz CT molecular complexity index is 1170. The van der Waals surface area contributed by atoms with Crippen molar-refractivity contribution in [2.24, 2.45) is 11.8 Å². The van der Waals surface area contributed by atoms with Crippen LogP contribution < -0.4 is 4.90 Å². The molecule has 0 unspecified atom stereocenters. The summed E-state index contributed by atoms with van der Waals surface area (Å²) in [6, 6.07) is 9.98. The minimum absolute atomic E-state index is 0.00781. The Morgan fingerprint density at radius 2 is 1.83 bits per heavy atom. The Balaban J connectivity index is 1.63. The maximum atomic E-state index is 13.6. The smallest absolute Gasteiger partial charge is 0.340 e. The van der Waals surface area contributed by atoms with E-state index in [9.17, 15) is 9.59 Å². The number of anilines is 1. The summed E-state index contributed by atoms with van der Waals surface area (Å²) in [6.07, 6.45) is 7.98. The lowest BCUT2D eigenvalue weighted by atomic mass is 9.82. The van der Waals surface area contributed by atoms with Gasteiger partial charge in [-0.25, -0.2) is 9.78 Å². The first kappa shape index (κ1) is 25.3. The summed E-state index contributed by atoms with van der Waals surface area (Å²) in [5, 5.41) is 2.68. The summed E-state index contributed by atoms with van der Waals surface area (Å²) in [7, 11) is 1.39. The van der Waals surface area contributed by atoms with Gasteiger partial charge in [-0.2, -0.15) is 0 Å². The Morgan fingerprint density at radius 1 is 1.11 bits per heavy atom. The lowest BCUT2D eigenvalue weighted by Gasteiger charge is -2.33. The maximum Gasteiger partial charge on any atom is 0.340 e. The molecule has 35 heavy (non-hydrogen) atoms. The first-order valence-corrected chi connectivity index (χ1v) is 13.8. The van der Waals surface area contributed by atoms with E-state index in [-0.39, 0.29) is 17.9 Å². The van der Waals surface area contributed by atoms with Gasteiger partial charge in [0.1, 0.15) is 5.00 Å². The van der Waals surface area contributed by atoms with Gasteiger partial charge in [0.25, 0.3) is 0 Å². The summed E-state index contributed by atoms with van der Waals surface area (Å²) in [5.41, 5.74) is 5.27. The fourth-order valence-corrected chi connectivity index (χ4v) is 6.31. The lowest BCUT2D eigenvalue weighted by Crippen LogP contribution is -2.42. The van der Waals surface area contributed by atoms with Crippen LogP contribution in [-0.2, 0) is 9.53 Å². The summed E-state index contributed by atoms with van der Waals surface area (Å²) in [6.45, 7) is 6.27. The normalized spacial score (nSPS) is 18.2. The number of carbonyl (C=O) groups is 2. The zero-order chi connectivity index (χ0) is 24.9. The van der Waals surface area contributed by atoms with Crippen molar-refractivity contribution in [1.82, 2.24) is 4.98 Å². The van der Waals surface area contributed by atoms with Crippen LogP contribution in [0.1, 0.15) is 68.1 Å². The highest BCUT2D eigenvalue weighted by Crippen LogP contribution is 2.41. The number of thiazole rings is 1. The molecule has 1 aromatic carbocycles. The number of amides is 1. The number of hydrogen-bond acceptors (Lipinski definition) is 6. The highest BCUT2D eigenvalue weighted by Gasteiger charge is 2.33. The first-order valence-electron chi connectivity index (χ1n) is 12.1. The third-order valence-electron chi connectivity index (χ3n) is 6.55. The average Bonchev–Trinajstić information content (AvgIpc) is 3.53. The predicted molar refractivity (Wildman–Crippen MR) is 146 cm³/mol. The summed E-state index contributed by atoms with van der Waals surface area (Å²) in [5.74, 6) is 0.382.